The first kappa shape index (κ1) is 19.2. The number of para-hydroxylation sites is 1. The molecule has 0 fully saturated rings. The van der Waals surface area contributed by atoms with E-state index in [0.29, 0.717) is 12.3 Å². The Morgan fingerprint density at radius 2 is 1.83 bits per heavy atom. The molecule has 1 atom stereocenters. The lowest BCUT2D eigenvalue weighted by Gasteiger charge is -2.14. The number of nitrogens with one attached hydrogen (secondary N) is 1. The zero-order valence-corrected chi connectivity index (χ0v) is 16.9. The Balaban J connectivity index is 1.77. The molecule has 4 rings (SSSR count). The number of methoxy groups -OCH3 is 1. The molecule has 4 aromatic rings. The summed E-state index contributed by atoms with van der Waals surface area (Å²) in [7, 11) is 1.68. The Labute approximate surface area is 170 Å². The molecule has 2 N–H and O–H groups in total. The number of rotatable bonds is 6. The number of hydrogen-bond donors (Lipinski definition) is 2. The van der Waals surface area contributed by atoms with Gasteiger partial charge in [0.15, 0.2) is 0 Å². The molecular weight excluding hydrogens is 362 g/mol. The number of aliphatic hydroxyl groups is 1. The number of pyridine rings is 2. The van der Waals surface area contributed by atoms with Crippen molar-refractivity contribution in [3.05, 3.63) is 66.7 Å². The largest absolute Gasteiger partial charge is 0.496 e. The summed E-state index contributed by atoms with van der Waals surface area (Å²) in [5, 5.41) is 11.5. The Morgan fingerprint density at radius 3 is 2.62 bits per heavy atom. The number of ether oxygens (including phenoxy) is 1. The zero-order valence-electron chi connectivity index (χ0n) is 16.9. The van der Waals surface area contributed by atoms with Crippen LogP contribution < -0.4 is 4.74 Å². The molecule has 148 valence electrons. The Bertz CT molecular complexity index is 1130. The first-order valence-electron chi connectivity index (χ1n) is 9.80. The van der Waals surface area contributed by atoms with Crippen molar-refractivity contribution in [3.8, 4) is 28.0 Å². The molecule has 0 aliphatic rings. The summed E-state index contributed by atoms with van der Waals surface area (Å²) in [5.41, 5.74) is 5.59. The first-order chi connectivity index (χ1) is 14.1. The van der Waals surface area contributed by atoms with Gasteiger partial charge in [0.25, 0.3) is 0 Å². The molecule has 0 saturated heterocycles. The van der Waals surface area contributed by atoms with E-state index in [1.807, 2.05) is 48.9 Å². The second-order valence-corrected chi connectivity index (χ2v) is 7.68. The molecule has 0 aliphatic carbocycles. The highest BCUT2D eigenvalue weighted by Crippen LogP contribution is 2.36. The van der Waals surface area contributed by atoms with E-state index in [1.54, 1.807) is 13.3 Å². The van der Waals surface area contributed by atoms with E-state index < -0.39 is 6.10 Å². The molecule has 29 heavy (non-hydrogen) atoms. The average molecular weight is 387 g/mol. The van der Waals surface area contributed by atoms with Crippen LogP contribution in [0.25, 0.3) is 33.3 Å². The van der Waals surface area contributed by atoms with Crippen molar-refractivity contribution in [1.29, 1.82) is 0 Å². The lowest BCUT2D eigenvalue weighted by molar-refractivity contribution is 0.150. The number of fused-ring (bicyclic) bond motifs is 1. The maximum absolute atomic E-state index is 10.5. The minimum Gasteiger partial charge on any atom is -0.496 e. The summed E-state index contributed by atoms with van der Waals surface area (Å²) in [6.45, 7) is 4.20. The van der Waals surface area contributed by atoms with E-state index in [0.717, 1.165) is 44.6 Å². The van der Waals surface area contributed by atoms with Gasteiger partial charge in [-0.1, -0.05) is 32.0 Å². The zero-order chi connectivity index (χ0) is 20.4. The molecule has 0 bridgehead atoms. The number of aromatic nitrogens is 3. The predicted molar refractivity (Wildman–Crippen MR) is 116 cm³/mol. The summed E-state index contributed by atoms with van der Waals surface area (Å²) < 4.78 is 5.53. The van der Waals surface area contributed by atoms with Crippen LogP contribution in [0.4, 0.5) is 0 Å². The van der Waals surface area contributed by atoms with Crippen molar-refractivity contribution >= 4 is 11.0 Å². The average Bonchev–Trinajstić information content (AvgIpc) is 3.16. The second kappa shape index (κ2) is 8.05. The van der Waals surface area contributed by atoms with E-state index in [4.69, 9.17) is 4.74 Å². The van der Waals surface area contributed by atoms with Crippen LogP contribution in [0.15, 0.2) is 61.2 Å². The van der Waals surface area contributed by atoms with E-state index >= 15 is 0 Å². The van der Waals surface area contributed by atoms with Gasteiger partial charge in [0.1, 0.15) is 11.4 Å². The smallest absolute Gasteiger partial charge is 0.137 e. The number of aliphatic hydroxyl groups excluding tert-OH is 1. The summed E-state index contributed by atoms with van der Waals surface area (Å²) in [4.78, 5) is 12.2. The molecule has 0 spiro atoms. The van der Waals surface area contributed by atoms with Gasteiger partial charge >= 0.3 is 0 Å². The molecule has 5 heteroatoms. The van der Waals surface area contributed by atoms with Crippen molar-refractivity contribution < 1.29 is 9.84 Å². The predicted octanol–water partition coefficient (Wildman–Crippen LogP) is 5.38. The Hall–Kier alpha value is -3.18. The van der Waals surface area contributed by atoms with Gasteiger partial charge in [0.05, 0.1) is 13.2 Å². The quantitative estimate of drug-likeness (QED) is 0.466. The van der Waals surface area contributed by atoms with Gasteiger partial charge in [-0.25, -0.2) is 4.98 Å². The van der Waals surface area contributed by atoms with Gasteiger partial charge in [0, 0.05) is 52.4 Å². The monoisotopic (exact) mass is 387 g/mol. The molecular formula is C24H25N3O2. The van der Waals surface area contributed by atoms with E-state index in [2.05, 4.69) is 34.9 Å². The van der Waals surface area contributed by atoms with Crippen molar-refractivity contribution in [3.63, 3.8) is 0 Å². The molecule has 1 unspecified atom stereocenters. The summed E-state index contributed by atoms with van der Waals surface area (Å²) in [6.07, 6.45) is 7.53. The first-order valence-corrected chi connectivity index (χ1v) is 9.80. The third-order valence-electron chi connectivity index (χ3n) is 5.10. The maximum atomic E-state index is 10.5. The lowest BCUT2D eigenvalue weighted by atomic mass is 9.98. The van der Waals surface area contributed by atoms with Gasteiger partial charge in [0.2, 0.25) is 0 Å². The number of hydrogen-bond acceptors (Lipinski definition) is 4. The van der Waals surface area contributed by atoms with Crippen molar-refractivity contribution in [2.75, 3.05) is 7.11 Å². The fraction of sp³-hybridized carbons (Fsp3) is 0.250. The third kappa shape index (κ3) is 3.87. The van der Waals surface area contributed by atoms with Gasteiger partial charge in [-0.2, -0.15) is 0 Å². The summed E-state index contributed by atoms with van der Waals surface area (Å²) >= 11 is 0. The van der Waals surface area contributed by atoms with Gasteiger partial charge < -0.3 is 14.8 Å². The minimum atomic E-state index is -0.518. The van der Waals surface area contributed by atoms with Gasteiger partial charge in [-0.05, 0) is 36.1 Å². The molecule has 3 aromatic heterocycles. The molecule has 0 saturated carbocycles. The Kier molecular flexibility index (Phi) is 5.32. The molecule has 0 aliphatic heterocycles. The number of H-pyrrole nitrogens is 1. The van der Waals surface area contributed by atoms with Gasteiger partial charge in [-0.15, -0.1) is 0 Å². The fourth-order valence-corrected chi connectivity index (χ4v) is 3.63. The van der Waals surface area contributed by atoms with E-state index in [9.17, 15) is 5.11 Å². The number of aromatic amines is 1. The van der Waals surface area contributed by atoms with Crippen LogP contribution in [-0.4, -0.2) is 27.2 Å². The SMILES string of the molecule is COc1ccccc1-c1c[nH]c2ncc(-c3cncc(C(O)CC(C)C)c3)cc12. The van der Waals surface area contributed by atoms with Crippen LogP contribution in [0.1, 0.15) is 31.9 Å². The lowest BCUT2D eigenvalue weighted by Crippen LogP contribution is -2.02. The second-order valence-electron chi connectivity index (χ2n) is 7.68. The minimum absolute atomic E-state index is 0.412. The van der Waals surface area contributed by atoms with Crippen molar-refractivity contribution in [2.24, 2.45) is 5.92 Å². The van der Waals surface area contributed by atoms with E-state index in [1.165, 1.54) is 0 Å². The molecule has 3 heterocycles. The topological polar surface area (TPSA) is 71.0 Å². The fourth-order valence-electron chi connectivity index (χ4n) is 3.63. The maximum Gasteiger partial charge on any atom is 0.137 e. The normalized spacial score (nSPS) is 12.4. The van der Waals surface area contributed by atoms with Crippen LogP contribution >= 0.6 is 0 Å². The highest BCUT2D eigenvalue weighted by Gasteiger charge is 2.14. The molecule has 0 amide bonds. The van der Waals surface area contributed by atoms with Crippen LogP contribution in [0.2, 0.25) is 0 Å². The molecule has 0 radical (unpaired) electrons. The van der Waals surface area contributed by atoms with E-state index in [-0.39, 0.29) is 0 Å². The van der Waals surface area contributed by atoms with Crippen LogP contribution in [-0.2, 0) is 0 Å². The van der Waals surface area contributed by atoms with Crippen molar-refractivity contribution in [1.82, 2.24) is 15.0 Å². The van der Waals surface area contributed by atoms with Gasteiger partial charge in [-0.3, -0.25) is 4.98 Å². The highest BCUT2D eigenvalue weighted by atomic mass is 16.5. The summed E-state index contributed by atoms with van der Waals surface area (Å²) in [6, 6.07) is 12.1. The number of nitrogens with zero attached hydrogens (tertiary/aromatic N) is 2. The molecule has 5 nitrogen and oxygen atoms in total. The van der Waals surface area contributed by atoms with Crippen LogP contribution in [0.3, 0.4) is 0 Å². The Morgan fingerprint density at radius 1 is 1.03 bits per heavy atom. The standard InChI is InChI=1S/C24H25N3O2/c1-15(2)8-22(28)18-9-16(11-25-12-18)17-10-20-21(14-27-24(20)26-13-17)19-6-4-5-7-23(19)29-3/h4-7,9-15,22,28H,8H2,1-3H3,(H,26,27). The molecule has 1 aromatic carbocycles. The number of benzene rings is 1. The van der Waals surface area contributed by atoms with Crippen LogP contribution in [0, 0.1) is 5.92 Å². The van der Waals surface area contributed by atoms with Crippen molar-refractivity contribution in [2.45, 2.75) is 26.4 Å². The van der Waals surface area contributed by atoms with Crippen LogP contribution in [0.5, 0.6) is 5.75 Å². The highest BCUT2D eigenvalue weighted by molar-refractivity contribution is 5.97. The third-order valence-corrected chi connectivity index (χ3v) is 5.10. The summed E-state index contributed by atoms with van der Waals surface area (Å²) in [5.74, 6) is 1.23.